The Kier molecular flexibility index (Phi) is 4.43. The van der Waals surface area contributed by atoms with Crippen LogP contribution in [0.5, 0.6) is 5.75 Å². The monoisotopic (exact) mass is 320 g/mol. The van der Waals surface area contributed by atoms with E-state index in [4.69, 9.17) is 16.9 Å². The Balaban J connectivity index is 1.88. The maximum absolute atomic E-state index is 12.8. The summed E-state index contributed by atoms with van der Waals surface area (Å²) in [5, 5.41) is 0. The summed E-state index contributed by atoms with van der Waals surface area (Å²) in [4.78, 5) is 14.4. The number of fused-ring (bicyclic) bond motifs is 1. The van der Waals surface area contributed by atoms with Crippen LogP contribution in [0.2, 0.25) is 0 Å². The Hall–Kier alpha value is -2.93. The Bertz CT molecular complexity index is 790. The van der Waals surface area contributed by atoms with E-state index in [0.717, 1.165) is 12.0 Å². The number of benzene rings is 2. The molecule has 1 heterocycles. The highest BCUT2D eigenvalue weighted by molar-refractivity contribution is 6.01. The van der Waals surface area contributed by atoms with Crippen molar-refractivity contribution in [2.75, 3.05) is 17.2 Å². The molecule has 122 valence electrons. The minimum absolute atomic E-state index is 0.134. The van der Waals surface area contributed by atoms with Gasteiger partial charge in [-0.2, -0.15) is 0 Å². The third kappa shape index (κ3) is 3.07. The number of nitrogens with zero attached hydrogens (tertiary/aromatic N) is 1. The van der Waals surface area contributed by atoms with E-state index in [1.54, 1.807) is 23.1 Å². The van der Waals surface area contributed by atoms with E-state index in [2.05, 4.69) is 25.0 Å². The van der Waals surface area contributed by atoms with Gasteiger partial charge in [-0.25, -0.2) is 0 Å². The zero-order valence-corrected chi connectivity index (χ0v) is 13.7. The second-order valence-corrected chi connectivity index (χ2v) is 5.84. The number of hydrogen-bond acceptors (Lipinski definition) is 3. The van der Waals surface area contributed by atoms with Crippen molar-refractivity contribution in [1.82, 2.24) is 0 Å². The van der Waals surface area contributed by atoms with E-state index in [1.807, 2.05) is 12.1 Å². The molecular formula is C20H20N2O2. The Labute approximate surface area is 142 Å². The number of aryl methyl sites for hydroxylation is 1. The fourth-order valence-corrected chi connectivity index (χ4v) is 2.85. The van der Waals surface area contributed by atoms with Crippen molar-refractivity contribution in [2.45, 2.75) is 25.9 Å². The first kappa shape index (κ1) is 15.9. The summed E-state index contributed by atoms with van der Waals surface area (Å²) >= 11 is 0. The maximum Gasteiger partial charge on any atom is 0.269 e. The molecule has 0 aromatic heterocycles. The van der Waals surface area contributed by atoms with Crippen molar-refractivity contribution in [2.24, 2.45) is 0 Å². The summed E-state index contributed by atoms with van der Waals surface area (Å²) in [5.41, 5.74) is 9.36. The molecule has 0 saturated heterocycles. The fourth-order valence-electron chi connectivity index (χ4n) is 2.85. The topological polar surface area (TPSA) is 55.6 Å². The smallest absolute Gasteiger partial charge is 0.269 e. The molecule has 0 fully saturated rings. The van der Waals surface area contributed by atoms with Crippen molar-refractivity contribution in [3.63, 3.8) is 0 Å². The summed E-state index contributed by atoms with van der Waals surface area (Å²) in [5.74, 6) is 3.04. The molecule has 1 aliphatic rings. The SMILES string of the molecule is C#CCN1C(=O)C(Cc2ccc(CC)cc2)Oc2ccc(N)cc21. The summed E-state index contributed by atoms with van der Waals surface area (Å²) in [7, 11) is 0. The molecule has 1 atom stereocenters. The first-order valence-corrected chi connectivity index (χ1v) is 8.01. The molecule has 2 aromatic rings. The molecule has 2 aromatic carbocycles. The lowest BCUT2D eigenvalue weighted by Crippen LogP contribution is -2.47. The third-order valence-corrected chi connectivity index (χ3v) is 4.19. The Morgan fingerprint density at radius 3 is 2.58 bits per heavy atom. The van der Waals surface area contributed by atoms with Gasteiger partial charge in [0.05, 0.1) is 12.2 Å². The number of anilines is 2. The number of nitrogen functional groups attached to an aromatic ring is 1. The van der Waals surface area contributed by atoms with Crippen LogP contribution in [0.25, 0.3) is 0 Å². The number of terminal acetylenes is 1. The Morgan fingerprint density at radius 1 is 1.21 bits per heavy atom. The highest BCUT2D eigenvalue weighted by atomic mass is 16.5. The lowest BCUT2D eigenvalue weighted by molar-refractivity contribution is -0.126. The molecule has 1 unspecified atom stereocenters. The standard InChI is InChI=1S/C20H20N2O2/c1-3-11-22-17-13-16(21)9-10-18(17)24-19(20(22)23)12-15-7-5-14(4-2)6-8-15/h1,5-10,13,19H,4,11-12,21H2,2H3. The number of hydrogen-bond donors (Lipinski definition) is 1. The van der Waals surface area contributed by atoms with Gasteiger partial charge in [0.15, 0.2) is 6.10 Å². The minimum atomic E-state index is -0.582. The van der Waals surface area contributed by atoms with Gasteiger partial charge >= 0.3 is 0 Å². The van der Waals surface area contributed by atoms with Gasteiger partial charge < -0.3 is 10.5 Å². The number of ether oxygens (including phenoxy) is 1. The van der Waals surface area contributed by atoms with Gasteiger partial charge in [-0.15, -0.1) is 6.42 Å². The molecule has 1 amide bonds. The molecule has 4 nitrogen and oxygen atoms in total. The predicted molar refractivity (Wildman–Crippen MR) is 96.0 cm³/mol. The van der Waals surface area contributed by atoms with Crippen molar-refractivity contribution in [3.05, 3.63) is 53.6 Å². The Morgan fingerprint density at radius 2 is 1.92 bits per heavy atom. The summed E-state index contributed by atoms with van der Waals surface area (Å²) < 4.78 is 5.92. The molecule has 0 radical (unpaired) electrons. The zero-order chi connectivity index (χ0) is 17.1. The van der Waals surface area contributed by atoms with Crippen molar-refractivity contribution < 1.29 is 9.53 Å². The van der Waals surface area contributed by atoms with Crippen LogP contribution >= 0.6 is 0 Å². The normalized spacial score (nSPS) is 16.2. The molecule has 3 rings (SSSR count). The second kappa shape index (κ2) is 6.67. The highest BCUT2D eigenvalue weighted by Crippen LogP contribution is 2.36. The van der Waals surface area contributed by atoms with E-state index in [1.165, 1.54) is 5.56 Å². The molecule has 4 heteroatoms. The number of amides is 1. The third-order valence-electron chi connectivity index (χ3n) is 4.19. The molecule has 2 N–H and O–H groups in total. The van der Waals surface area contributed by atoms with Gasteiger partial charge in [-0.3, -0.25) is 9.69 Å². The van der Waals surface area contributed by atoms with E-state index in [-0.39, 0.29) is 12.5 Å². The van der Waals surface area contributed by atoms with Gasteiger partial charge in [0.1, 0.15) is 5.75 Å². The molecule has 0 saturated carbocycles. The summed E-state index contributed by atoms with van der Waals surface area (Å²) in [6.07, 6.45) is 6.35. The van der Waals surface area contributed by atoms with Gasteiger partial charge in [0.2, 0.25) is 0 Å². The summed E-state index contributed by atoms with van der Waals surface area (Å²) in [6.45, 7) is 2.31. The van der Waals surface area contributed by atoms with Crippen LogP contribution in [-0.2, 0) is 17.6 Å². The van der Waals surface area contributed by atoms with E-state index >= 15 is 0 Å². The number of carbonyl (C=O) groups is 1. The highest BCUT2D eigenvalue weighted by Gasteiger charge is 2.34. The molecule has 24 heavy (non-hydrogen) atoms. The first-order chi connectivity index (χ1) is 11.6. The van der Waals surface area contributed by atoms with Crippen LogP contribution in [0.3, 0.4) is 0 Å². The van der Waals surface area contributed by atoms with Gasteiger partial charge in [-0.1, -0.05) is 37.1 Å². The fraction of sp³-hybridized carbons (Fsp3) is 0.250. The summed E-state index contributed by atoms with van der Waals surface area (Å²) in [6, 6.07) is 13.5. The first-order valence-electron chi connectivity index (χ1n) is 8.01. The molecule has 0 bridgehead atoms. The van der Waals surface area contributed by atoms with Gasteiger partial charge in [0.25, 0.3) is 5.91 Å². The molecule has 0 spiro atoms. The van der Waals surface area contributed by atoms with Crippen molar-refractivity contribution in [3.8, 4) is 18.1 Å². The van der Waals surface area contributed by atoms with E-state index in [0.29, 0.717) is 23.5 Å². The van der Waals surface area contributed by atoms with Crippen LogP contribution in [0.1, 0.15) is 18.1 Å². The van der Waals surface area contributed by atoms with Crippen LogP contribution < -0.4 is 15.4 Å². The molecule has 0 aliphatic carbocycles. The van der Waals surface area contributed by atoms with Crippen molar-refractivity contribution in [1.29, 1.82) is 0 Å². The molecule has 1 aliphatic heterocycles. The van der Waals surface area contributed by atoms with Crippen LogP contribution in [-0.4, -0.2) is 18.6 Å². The lowest BCUT2D eigenvalue weighted by atomic mass is 10.0. The largest absolute Gasteiger partial charge is 0.478 e. The number of carbonyl (C=O) groups excluding carboxylic acids is 1. The van der Waals surface area contributed by atoms with Crippen molar-refractivity contribution >= 4 is 17.3 Å². The van der Waals surface area contributed by atoms with Crippen LogP contribution in [0, 0.1) is 12.3 Å². The number of nitrogens with two attached hydrogens (primary N) is 1. The predicted octanol–water partition coefficient (Wildman–Crippen LogP) is 2.80. The average molecular weight is 320 g/mol. The van der Waals surface area contributed by atoms with Crippen LogP contribution in [0.4, 0.5) is 11.4 Å². The second-order valence-electron chi connectivity index (χ2n) is 5.84. The van der Waals surface area contributed by atoms with Crippen LogP contribution in [0.15, 0.2) is 42.5 Å². The van der Waals surface area contributed by atoms with E-state index in [9.17, 15) is 4.79 Å². The van der Waals surface area contributed by atoms with Gasteiger partial charge in [0, 0.05) is 12.1 Å². The van der Waals surface area contributed by atoms with Gasteiger partial charge in [-0.05, 0) is 35.7 Å². The molecular weight excluding hydrogens is 300 g/mol. The minimum Gasteiger partial charge on any atom is -0.478 e. The maximum atomic E-state index is 12.8. The average Bonchev–Trinajstić information content (AvgIpc) is 2.60. The quantitative estimate of drug-likeness (QED) is 0.696. The zero-order valence-electron chi connectivity index (χ0n) is 13.7. The lowest BCUT2D eigenvalue weighted by Gasteiger charge is -2.33. The number of rotatable bonds is 4. The van der Waals surface area contributed by atoms with E-state index < -0.39 is 6.10 Å².